The molecule has 0 heterocycles. The number of hydrogen-bond donors (Lipinski definition) is 1. The molecule has 0 fully saturated rings. The van der Waals surface area contributed by atoms with Crippen LogP contribution in [0.3, 0.4) is 0 Å². The van der Waals surface area contributed by atoms with Gasteiger partial charge in [-0.3, -0.25) is 0 Å². The van der Waals surface area contributed by atoms with Crippen LogP contribution >= 0.6 is 0 Å². The number of alkyl halides is 3. The molecule has 0 saturated carbocycles. The molecule has 0 spiro atoms. The molecule has 0 radical (unpaired) electrons. The predicted octanol–water partition coefficient (Wildman–Crippen LogP) is 0.582. The van der Waals surface area contributed by atoms with E-state index in [9.17, 15) is 17.2 Å². The third-order valence-corrected chi connectivity index (χ3v) is 13.5. The van der Waals surface area contributed by atoms with E-state index in [1.54, 1.807) is 6.92 Å². The number of rotatable bonds is 8. The third-order valence-electron chi connectivity index (χ3n) is 3.26. The summed E-state index contributed by atoms with van der Waals surface area (Å²) in [5, 5.41) is 0. The molecule has 1 unspecified atom stereocenters. The molecule has 146 valence electrons. The van der Waals surface area contributed by atoms with Crippen LogP contribution in [0.15, 0.2) is 54.6 Å². The Hall–Kier alpha value is -1.37. The van der Waals surface area contributed by atoms with E-state index in [4.69, 9.17) is 14.0 Å². The van der Waals surface area contributed by atoms with E-state index in [0.29, 0.717) is 6.61 Å². The Morgan fingerprint density at radius 1 is 1.04 bits per heavy atom. The summed E-state index contributed by atoms with van der Waals surface area (Å²) < 4.78 is 80.7. The number of benzene rings is 2. The minimum atomic E-state index is -6.24. The van der Waals surface area contributed by atoms with Gasteiger partial charge in [-0.2, -0.15) is 0 Å². The molecular weight excluding hydrogens is 488 g/mol. The van der Waals surface area contributed by atoms with E-state index in [-0.39, 0.29) is 12.5 Å². The first kappa shape index (κ1) is 20.9. The molecule has 0 aliphatic carbocycles. The molecule has 0 aliphatic heterocycles. The zero-order valence-corrected chi connectivity index (χ0v) is 16.6. The number of ether oxygens (including phenoxy) is 2. The number of hydrogen-bond acceptors (Lipinski definition) is 4. The Morgan fingerprint density at radius 2 is 1.58 bits per heavy atom. The molecule has 10 heteroatoms. The second-order valence-electron chi connectivity index (χ2n) is 4.92. The Kier molecular flexibility index (Phi) is 6.53. The molecule has 1 N–H and O–H groups in total. The average Bonchev–Trinajstić information content (AvgIpc) is 2.61. The van der Waals surface area contributed by atoms with Gasteiger partial charge in [-0.1, -0.05) is 0 Å². The van der Waals surface area contributed by atoms with Gasteiger partial charge >= 0.3 is 154 Å². The molecule has 0 amide bonds. The molecule has 0 saturated heterocycles. The van der Waals surface area contributed by atoms with Gasteiger partial charge < -0.3 is 0 Å². The van der Waals surface area contributed by atoms with Crippen molar-refractivity contribution in [3.63, 3.8) is 0 Å². The quantitative estimate of drug-likeness (QED) is 0.187. The minimum absolute atomic E-state index is 0.0721. The molecule has 2 rings (SSSR count). The summed E-state index contributed by atoms with van der Waals surface area (Å²) >= 11 is -6.24. The van der Waals surface area contributed by atoms with Crippen molar-refractivity contribution < 1.29 is 53.1 Å². The fourth-order valence-corrected chi connectivity index (χ4v) is 10.7. The van der Waals surface area contributed by atoms with Crippen LogP contribution in [0, 0.1) is 7.14 Å². The van der Waals surface area contributed by atoms with Crippen molar-refractivity contribution in [3.8, 4) is 5.75 Å². The summed E-state index contributed by atoms with van der Waals surface area (Å²) in [6.45, 7) is 2.10. The zero-order valence-electron chi connectivity index (χ0n) is 13.6. The summed E-state index contributed by atoms with van der Waals surface area (Å²) in [5.41, 5.74) is 0. The first-order valence-corrected chi connectivity index (χ1v) is 12.8. The van der Waals surface area contributed by atoms with E-state index >= 15 is 2.86 Å². The SMILES string of the molecule is CCOCOc1ccc([I-](F)(c2ccccc2)C(F)(F)S(=O)(=O)O)cc1. The van der Waals surface area contributed by atoms with Crippen LogP contribution in [0.25, 0.3) is 0 Å². The summed E-state index contributed by atoms with van der Waals surface area (Å²) in [6.07, 6.45) is 0. The van der Waals surface area contributed by atoms with Crippen LogP contribution < -0.4 is 23.7 Å². The van der Waals surface area contributed by atoms with Crippen LogP contribution in [-0.4, -0.2) is 29.6 Å². The van der Waals surface area contributed by atoms with Gasteiger partial charge in [0, 0.05) is 0 Å². The second-order valence-corrected chi connectivity index (χ2v) is 13.8. The molecule has 1 atom stereocenters. The van der Waals surface area contributed by atoms with Crippen LogP contribution in [0.2, 0.25) is 0 Å². The van der Waals surface area contributed by atoms with Crippen molar-refractivity contribution in [3.05, 3.63) is 61.7 Å². The molecule has 0 bridgehead atoms. The molecular formula is C16H17F3IO5S-. The van der Waals surface area contributed by atoms with Crippen molar-refractivity contribution in [2.45, 2.75) is 10.2 Å². The zero-order chi connectivity index (χ0) is 19.4. The van der Waals surface area contributed by atoms with E-state index in [0.717, 1.165) is 24.3 Å². The van der Waals surface area contributed by atoms with Gasteiger partial charge in [0.15, 0.2) is 0 Å². The van der Waals surface area contributed by atoms with Crippen molar-refractivity contribution >= 4 is 10.1 Å². The standard InChI is InChI=1S/C16H17F3IO5S/c1-2-24-12-25-15-10-8-14(9-11-15)20(19,13-6-4-3-5-7-13)16(17,18)26(21,22)23/h3-11H,2,12H2,1H3,(H,21,22,23)/q-1. The maximum absolute atomic E-state index is 15.8. The van der Waals surface area contributed by atoms with Crippen molar-refractivity contribution in [1.29, 1.82) is 0 Å². The summed E-state index contributed by atoms with van der Waals surface area (Å²) in [4.78, 5) is 0. The average molecular weight is 505 g/mol. The maximum atomic E-state index is 15.8. The van der Waals surface area contributed by atoms with Crippen LogP contribution in [0.4, 0.5) is 11.6 Å². The van der Waals surface area contributed by atoms with Crippen molar-refractivity contribution in [2.75, 3.05) is 13.4 Å². The summed E-state index contributed by atoms with van der Waals surface area (Å²) in [7, 11) is -5.96. The third kappa shape index (κ3) is 3.97. The second kappa shape index (κ2) is 8.11. The number of halogens is 4. The normalized spacial score (nSPS) is 15.9. The topological polar surface area (TPSA) is 72.8 Å². The van der Waals surface area contributed by atoms with Gasteiger partial charge in [0.25, 0.3) is 0 Å². The first-order chi connectivity index (χ1) is 12.1. The van der Waals surface area contributed by atoms with Gasteiger partial charge in [0.05, 0.1) is 0 Å². The van der Waals surface area contributed by atoms with E-state index in [1.165, 1.54) is 30.3 Å². The van der Waals surface area contributed by atoms with Crippen molar-refractivity contribution in [1.82, 2.24) is 0 Å². The monoisotopic (exact) mass is 505 g/mol. The van der Waals surface area contributed by atoms with Crippen LogP contribution in [0.1, 0.15) is 6.92 Å². The van der Waals surface area contributed by atoms with Gasteiger partial charge in [-0.05, 0) is 0 Å². The van der Waals surface area contributed by atoms with Gasteiger partial charge in [-0.15, -0.1) is 0 Å². The van der Waals surface area contributed by atoms with Crippen molar-refractivity contribution in [2.24, 2.45) is 0 Å². The van der Waals surface area contributed by atoms with Crippen LogP contribution in [-0.2, 0) is 14.9 Å². The Balaban J connectivity index is 2.52. The van der Waals surface area contributed by atoms with E-state index in [1.807, 2.05) is 0 Å². The Labute approximate surface area is 154 Å². The molecule has 0 aliphatic rings. The Bertz CT molecular complexity index is 831. The molecule has 2 aromatic carbocycles. The predicted molar refractivity (Wildman–Crippen MR) is 85.0 cm³/mol. The fraction of sp³-hybridized carbons (Fsp3) is 0.250. The molecule has 26 heavy (non-hydrogen) atoms. The van der Waals surface area contributed by atoms with Gasteiger partial charge in [0.2, 0.25) is 0 Å². The first-order valence-electron chi connectivity index (χ1n) is 7.32. The summed E-state index contributed by atoms with van der Waals surface area (Å²) in [6, 6.07) is 10.9. The molecule has 2 aromatic rings. The van der Waals surface area contributed by atoms with Gasteiger partial charge in [-0.25, -0.2) is 0 Å². The van der Waals surface area contributed by atoms with E-state index in [2.05, 4.69) is 0 Å². The molecule has 0 aromatic heterocycles. The fourth-order valence-electron chi connectivity index (χ4n) is 2.00. The van der Waals surface area contributed by atoms with E-state index < -0.39 is 39.5 Å². The molecule has 5 nitrogen and oxygen atoms in total. The van der Waals surface area contributed by atoms with Gasteiger partial charge in [0.1, 0.15) is 0 Å². The Morgan fingerprint density at radius 3 is 2.08 bits per heavy atom. The van der Waals surface area contributed by atoms with Crippen LogP contribution in [0.5, 0.6) is 5.75 Å². The summed E-state index contributed by atoms with van der Waals surface area (Å²) in [5.74, 6) is 0.244.